The Bertz CT molecular complexity index is 1050. The molecule has 0 unspecified atom stereocenters. The van der Waals surface area contributed by atoms with Crippen molar-refractivity contribution >= 4 is 27.7 Å². The average Bonchev–Trinajstić information content (AvgIpc) is 3.25. The number of benzene rings is 1. The van der Waals surface area contributed by atoms with Gasteiger partial charge in [-0.3, -0.25) is 4.79 Å². The van der Waals surface area contributed by atoms with Crippen molar-refractivity contribution in [2.75, 3.05) is 20.3 Å². The second kappa shape index (κ2) is 9.14. The highest BCUT2D eigenvalue weighted by Crippen LogP contribution is 2.49. The van der Waals surface area contributed by atoms with Crippen LogP contribution < -0.4 is 10.1 Å². The van der Waals surface area contributed by atoms with Crippen LogP contribution in [-0.2, 0) is 19.1 Å². The zero-order valence-electron chi connectivity index (χ0n) is 19.4. The van der Waals surface area contributed by atoms with E-state index in [1.54, 1.807) is 12.1 Å². The van der Waals surface area contributed by atoms with Crippen LogP contribution in [0.2, 0.25) is 0 Å². The number of esters is 1. The third kappa shape index (κ3) is 4.68. The lowest BCUT2D eigenvalue weighted by Gasteiger charge is -2.39. The number of halogens is 1. The lowest BCUT2D eigenvalue weighted by atomic mass is 9.68. The maximum Gasteiger partial charge on any atom is 0.336 e. The van der Waals surface area contributed by atoms with E-state index in [9.17, 15) is 14.7 Å². The zero-order chi connectivity index (χ0) is 23.9. The maximum absolute atomic E-state index is 13.4. The molecule has 8 heteroatoms. The number of dihydropyridines is 1. The number of ether oxygens (including phenoxy) is 3. The molecule has 0 aromatic heterocycles. The van der Waals surface area contributed by atoms with Crippen LogP contribution in [0.25, 0.3) is 0 Å². The molecule has 0 spiro atoms. The van der Waals surface area contributed by atoms with Gasteiger partial charge in [-0.05, 0) is 65.2 Å². The molecule has 2 N–H and O–H groups in total. The molecule has 1 fully saturated rings. The van der Waals surface area contributed by atoms with Gasteiger partial charge in [0.05, 0.1) is 23.3 Å². The van der Waals surface area contributed by atoms with Crippen molar-refractivity contribution in [1.82, 2.24) is 5.32 Å². The van der Waals surface area contributed by atoms with Gasteiger partial charge in [-0.1, -0.05) is 13.8 Å². The molecule has 0 radical (unpaired) electrons. The highest BCUT2D eigenvalue weighted by Gasteiger charge is 2.43. The van der Waals surface area contributed by atoms with Crippen molar-refractivity contribution < 1.29 is 28.9 Å². The topological polar surface area (TPSA) is 94.1 Å². The van der Waals surface area contributed by atoms with E-state index in [2.05, 4.69) is 35.1 Å². The van der Waals surface area contributed by atoms with Gasteiger partial charge in [0.15, 0.2) is 17.3 Å². The SMILES string of the molecule is COc1cc([C@H]2C(C(=O)OC[C@H]3CCCO3)=C(C)NC3=C2C(=O)CC(C)(C)C3)cc(Br)c1O. The van der Waals surface area contributed by atoms with Gasteiger partial charge in [0.2, 0.25) is 0 Å². The molecule has 0 bridgehead atoms. The molecule has 4 rings (SSSR count). The number of aromatic hydroxyl groups is 1. The van der Waals surface area contributed by atoms with Gasteiger partial charge in [0.1, 0.15) is 6.61 Å². The molecule has 33 heavy (non-hydrogen) atoms. The summed E-state index contributed by atoms with van der Waals surface area (Å²) in [6.45, 7) is 6.82. The molecule has 1 aromatic carbocycles. The van der Waals surface area contributed by atoms with E-state index < -0.39 is 11.9 Å². The Kier molecular flexibility index (Phi) is 6.60. The van der Waals surface area contributed by atoms with E-state index in [0.717, 1.165) is 18.5 Å². The van der Waals surface area contributed by atoms with Crippen LogP contribution in [0, 0.1) is 5.41 Å². The van der Waals surface area contributed by atoms with Crippen LogP contribution in [0.1, 0.15) is 57.9 Å². The number of hydrogen-bond acceptors (Lipinski definition) is 7. The summed E-state index contributed by atoms with van der Waals surface area (Å²) in [6, 6.07) is 3.40. The first-order chi connectivity index (χ1) is 15.6. The highest BCUT2D eigenvalue weighted by molar-refractivity contribution is 9.10. The Balaban J connectivity index is 1.79. The summed E-state index contributed by atoms with van der Waals surface area (Å²) in [5, 5.41) is 13.7. The van der Waals surface area contributed by atoms with Crippen LogP contribution in [0.3, 0.4) is 0 Å². The molecule has 1 aromatic rings. The number of phenolic OH excluding ortho intramolecular Hbond substituents is 1. The predicted molar refractivity (Wildman–Crippen MR) is 126 cm³/mol. The van der Waals surface area contributed by atoms with Crippen LogP contribution in [0.5, 0.6) is 11.5 Å². The quantitative estimate of drug-likeness (QED) is 0.553. The van der Waals surface area contributed by atoms with Crippen LogP contribution in [0.15, 0.2) is 39.1 Å². The minimum Gasteiger partial charge on any atom is -0.503 e. The Morgan fingerprint density at radius 2 is 2.09 bits per heavy atom. The third-order valence-electron chi connectivity index (χ3n) is 6.49. The summed E-state index contributed by atoms with van der Waals surface area (Å²) in [5.41, 5.74) is 2.94. The number of rotatable bonds is 5. The molecule has 178 valence electrons. The molecule has 0 saturated carbocycles. The van der Waals surface area contributed by atoms with Crippen molar-refractivity contribution in [3.63, 3.8) is 0 Å². The van der Waals surface area contributed by atoms with Crippen molar-refractivity contribution in [3.05, 3.63) is 44.7 Å². The highest BCUT2D eigenvalue weighted by atomic mass is 79.9. The first-order valence-corrected chi connectivity index (χ1v) is 12.0. The number of allylic oxidation sites excluding steroid dienone is 3. The summed E-state index contributed by atoms with van der Waals surface area (Å²) >= 11 is 3.38. The van der Waals surface area contributed by atoms with E-state index in [1.165, 1.54) is 7.11 Å². The number of carbonyl (C=O) groups is 2. The van der Waals surface area contributed by atoms with Crippen molar-refractivity contribution in [2.24, 2.45) is 5.41 Å². The zero-order valence-corrected chi connectivity index (χ0v) is 21.0. The van der Waals surface area contributed by atoms with Crippen molar-refractivity contribution in [3.8, 4) is 11.5 Å². The monoisotopic (exact) mass is 519 g/mol. The first-order valence-electron chi connectivity index (χ1n) is 11.2. The summed E-state index contributed by atoms with van der Waals surface area (Å²) in [4.78, 5) is 26.8. The van der Waals surface area contributed by atoms with Gasteiger partial charge in [0.25, 0.3) is 0 Å². The van der Waals surface area contributed by atoms with E-state index in [1.807, 2.05) is 6.92 Å². The number of hydrogen-bond donors (Lipinski definition) is 2. The first kappa shape index (κ1) is 23.8. The standard InChI is InChI=1S/C25H30BrNO6/c1-13-20(24(30)33-12-15-6-5-7-32-15)21(14-8-16(26)23(29)19(9-14)31-4)22-17(27-13)10-25(2,3)11-18(22)28/h8-9,15,21,27,29H,5-7,10-12H2,1-4H3/t15-,21+/m1/s1. The van der Waals surface area contributed by atoms with Crippen molar-refractivity contribution in [2.45, 2.75) is 58.5 Å². The normalized spacial score (nSPS) is 24.5. The molecular formula is C25H30BrNO6. The molecule has 1 aliphatic carbocycles. The van der Waals surface area contributed by atoms with Crippen LogP contribution >= 0.6 is 15.9 Å². The molecule has 2 aliphatic heterocycles. The average molecular weight is 520 g/mol. The third-order valence-corrected chi connectivity index (χ3v) is 7.09. The lowest BCUT2D eigenvalue weighted by molar-refractivity contribution is -0.142. The number of carbonyl (C=O) groups excluding carboxylic acids is 2. The fourth-order valence-corrected chi connectivity index (χ4v) is 5.44. The van der Waals surface area contributed by atoms with Crippen LogP contribution in [-0.4, -0.2) is 43.3 Å². The van der Waals surface area contributed by atoms with E-state index in [0.29, 0.717) is 46.3 Å². The lowest BCUT2D eigenvalue weighted by Crippen LogP contribution is -2.39. The fourth-order valence-electron chi connectivity index (χ4n) is 4.98. The Morgan fingerprint density at radius 3 is 2.76 bits per heavy atom. The van der Waals surface area contributed by atoms with Gasteiger partial charge < -0.3 is 24.6 Å². The summed E-state index contributed by atoms with van der Waals surface area (Å²) in [7, 11) is 1.46. The molecule has 7 nitrogen and oxygen atoms in total. The molecule has 2 atom stereocenters. The van der Waals surface area contributed by atoms with E-state index >= 15 is 0 Å². The molecule has 0 amide bonds. The van der Waals surface area contributed by atoms with Gasteiger partial charge in [-0.15, -0.1) is 0 Å². The summed E-state index contributed by atoms with van der Waals surface area (Å²) in [5.74, 6) is -0.892. The second-order valence-electron chi connectivity index (χ2n) is 9.72. The molecular weight excluding hydrogens is 490 g/mol. The van der Waals surface area contributed by atoms with Gasteiger partial charge in [0, 0.05) is 35.9 Å². The number of ketones is 1. The Morgan fingerprint density at radius 1 is 1.33 bits per heavy atom. The number of methoxy groups -OCH3 is 1. The minimum absolute atomic E-state index is 0.00107. The van der Waals surface area contributed by atoms with Gasteiger partial charge in [-0.2, -0.15) is 0 Å². The largest absolute Gasteiger partial charge is 0.503 e. The molecule has 2 heterocycles. The predicted octanol–water partition coefficient (Wildman–Crippen LogP) is 4.49. The number of Topliss-reactive ketones (excluding diaryl/α,β-unsaturated/α-hetero) is 1. The number of nitrogens with one attached hydrogen (secondary N) is 1. The second-order valence-corrected chi connectivity index (χ2v) is 10.6. The maximum atomic E-state index is 13.4. The molecule has 3 aliphatic rings. The van der Waals surface area contributed by atoms with E-state index in [4.69, 9.17) is 14.2 Å². The molecule has 1 saturated heterocycles. The van der Waals surface area contributed by atoms with Gasteiger partial charge in [-0.25, -0.2) is 4.79 Å². The number of phenols is 1. The van der Waals surface area contributed by atoms with E-state index in [-0.39, 0.29) is 35.4 Å². The Hall–Kier alpha value is -2.32. The summed E-state index contributed by atoms with van der Waals surface area (Å²) < 4.78 is 17.0. The van der Waals surface area contributed by atoms with Gasteiger partial charge >= 0.3 is 5.97 Å². The Labute approximate surface area is 202 Å². The van der Waals surface area contributed by atoms with Crippen molar-refractivity contribution in [1.29, 1.82) is 0 Å². The van der Waals surface area contributed by atoms with Crippen LogP contribution in [0.4, 0.5) is 0 Å². The fraction of sp³-hybridized carbons (Fsp3) is 0.520. The summed E-state index contributed by atoms with van der Waals surface area (Å²) in [6.07, 6.45) is 2.79. The minimum atomic E-state index is -0.632. The smallest absolute Gasteiger partial charge is 0.336 e.